The molecule has 25 heavy (non-hydrogen) atoms. The Labute approximate surface area is 145 Å². The van der Waals surface area contributed by atoms with Crippen LogP contribution >= 0.6 is 0 Å². The second-order valence-corrected chi connectivity index (χ2v) is 5.35. The molecule has 0 aliphatic carbocycles. The molecule has 2 aromatic rings. The molecule has 0 saturated heterocycles. The fourth-order valence-electron chi connectivity index (χ4n) is 2.11. The number of halogens is 1. The Morgan fingerprint density at radius 1 is 1.12 bits per heavy atom. The molecule has 0 fully saturated rings. The van der Waals surface area contributed by atoms with Gasteiger partial charge in [0.1, 0.15) is 5.82 Å². The zero-order chi connectivity index (χ0) is 18.1. The Hall–Kier alpha value is -2.93. The molecule has 132 valence electrons. The Morgan fingerprint density at radius 2 is 1.80 bits per heavy atom. The zero-order valence-corrected chi connectivity index (χ0v) is 13.6. The van der Waals surface area contributed by atoms with Crippen LogP contribution in [0.15, 0.2) is 53.7 Å². The van der Waals surface area contributed by atoms with Crippen molar-refractivity contribution in [3.63, 3.8) is 0 Å². The molecule has 7 heteroatoms. The largest absolute Gasteiger partial charge is 0.409 e. The first-order valence-electron chi connectivity index (χ1n) is 7.78. The normalized spacial score (nSPS) is 11.3. The third-order valence-corrected chi connectivity index (χ3v) is 3.49. The smallest absolute Gasteiger partial charge is 0.226 e. The van der Waals surface area contributed by atoms with Crippen LogP contribution in [0, 0.1) is 5.82 Å². The van der Waals surface area contributed by atoms with E-state index in [9.17, 15) is 9.18 Å². The van der Waals surface area contributed by atoms with Crippen molar-refractivity contribution >= 4 is 17.4 Å². The van der Waals surface area contributed by atoms with Gasteiger partial charge >= 0.3 is 0 Å². The number of ether oxygens (including phenoxy) is 1. The van der Waals surface area contributed by atoms with Gasteiger partial charge in [-0.15, -0.1) is 0 Å². The van der Waals surface area contributed by atoms with Crippen LogP contribution in [-0.2, 0) is 16.0 Å². The van der Waals surface area contributed by atoms with E-state index >= 15 is 0 Å². The lowest BCUT2D eigenvalue weighted by Crippen LogP contribution is -2.15. The molecule has 0 spiro atoms. The molecule has 1 amide bonds. The number of benzene rings is 2. The average molecular weight is 345 g/mol. The minimum absolute atomic E-state index is 0.0648. The number of amidine groups is 1. The molecule has 0 saturated carbocycles. The summed E-state index contributed by atoms with van der Waals surface area (Å²) in [5.74, 6) is -0.467. The number of carbonyl (C=O) groups excluding carboxylic acids is 1. The summed E-state index contributed by atoms with van der Waals surface area (Å²) in [5, 5.41) is 14.2. The van der Waals surface area contributed by atoms with Crippen LogP contribution in [0.2, 0.25) is 0 Å². The highest BCUT2D eigenvalue weighted by Gasteiger charge is 2.03. The van der Waals surface area contributed by atoms with Gasteiger partial charge in [0.2, 0.25) is 5.91 Å². The maximum absolute atomic E-state index is 12.8. The van der Waals surface area contributed by atoms with E-state index in [-0.39, 0.29) is 24.0 Å². The molecular weight excluding hydrogens is 325 g/mol. The summed E-state index contributed by atoms with van der Waals surface area (Å²) in [6, 6.07) is 12.9. The lowest BCUT2D eigenvalue weighted by Gasteiger charge is -2.07. The number of nitrogens with zero attached hydrogens (tertiary/aromatic N) is 1. The van der Waals surface area contributed by atoms with E-state index in [1.807, 2.05) is 12.1 Å². The monoisotopic (exact) mass is 345 g/mol. The van der Waals surface area contributed by atoms with E-state index in [1.54, 1.807) is 12.1 Å². The lowest BCUT2D eigenvalue weighted by molar-refractivity contribution is -0.117. The first kappa shape index (κ1) is 18.4. The highest BCUT2D eigenvalue weighted by molar-refractivity contribution is 5.96. The third-order valence-electron chi connectivity index (χ3n) is 3.49. The summed E-state index contributed by atoms with van der Waals surface area (Å²) < 4.78 is 18.2. The van der Waals surface area contributed by atoms with Gasteiger partial charge in [-0.3, -0.25) is 4.79 Å². The molecule has 6 nitrogen and oxygen atoms in total. The SMILES string of the molecule is N/C(=N\O)c1ccc(CCOCCC(=O)Nc2ccc(F)cc2)cc1. The average Bonchev–Trinajstić information content (AvgIpc) is 2.63. The van der Waals surface area contributed by atoms with Crippen LogP contribution in [0.1, 0.15) is 17.5 Å². The molecule has 0 aliphatic heterocycles. The summed E-state index contributed by atoms with van der Waals surface area (Å²) in [6.45, 7) is 0.780. The topological polar surface area (TPSA) is 96.9 Å². The zero-order valence-electron chi connectivity index (χ0n) is 13.6. The van der Waals surface area contributed by atoms with Crippen LogP contribution < -0.4 is 11.1 Å². The predicted molar refractivity (Wildman–Crippen MR) is 93.1 cm³/mol. The number of rotatable bonds is 8. The number of hydrogen-bond acceptors (Lipinski definition) is 4. The van der Waals surface area contributed by atoms with Crippen LogP contribution in [0.4, 0.5) is 10.1 Å². The van der Waals surface area contributed by atoms with Gasteiger partial charge in [-0.1, -0.05) is 29.4 Å². The first-order chi connectivity index (χ1) is 12.1. The number of nitrogens with one attached hydrogen (secondary N) is 1. The molecule has 0 unspecified atom stereocenters. The second-order valence-electron chi connectivity index (χ2n) is 5.35. The van der Waals surface area contributed by atoms with E-state index < -0.39 is 0 Å². The molecule has 0 atom stereocenters. The Balaban J connectivity index is 1.64. The molecule has 0 aromatic heterocycles. The number of amides is 1. The fraction of sp³-hybridized carbons (Fsp3) is 0.222. The first-order valence-corrected chi connectivity index (χ1v) is 7.78. The molecule has 2 aromatic carbocycles. The molecule has 0 radical (unpaired) electrons. The number of anilines is 1. The van der Waals surface area contributed by atoms with E-state index in [0.29, 0.717) is 30.9 Å². The minimum atomic E-state index is -0.347. The van der Waals surface area contributed by atoms with Gasteiger partial charge in [0.05, 0.1) is 19.6 Å². The number of oxime groups is 1. The van der Waals surface area contributed by atoms with Gasteiger partial charge in [0.25, 0.3) is 0 Å². The number of carbonyl (C=O) groups is 1. The molecule has 0 heterocycles. The summed E-state index contributed by atoms with van der Waals surface area (Å²) in [5.41, 5.74) is 7.74. The standard InChI is InChI=1S/C18H20FN3O3/c19-15-5-7-16(8-6-15)21-17(23)10-12-25-11-9-13-1-3-14(4-2-13)18(20)22-24/h1-8,24H,9-12H2,(H2,20,22)(H,21,23). The highest BCUT2D eigenvalue weighted by atomic mass is 19.1. The van der Waals surface area contributed by atoms with Gasteiger partial charge in [-0.25, -0.2) is 4.39 Å². The Morgan fingerprint density at radius 3 is 2.44 bits per heavy atom. The van der Waals surface area contributed by atoms with E-state index in [0.717, 1.165) is 5.56 Å². The van der Waals surface area contributed by atoms with Crippen molar-refractivity contribution in [2.75, 3.05) is 18.5 Å². The minimum Gasteiger partial charge on any atom is -0.409 e. The van der Waals surface area contributed by atoms with Gasteiger partial charge in [-0.05, 0) is 36.2 Å². The maximum Gasteiger partial charge on any atom is 0.226 e. The quantitative estimate of drug-likeness (QED) is 0.225. The second kappa shape index (κ2) is 9.39. The van der Waals surface area contributed by atoms with Crippen molar-refractivity contribution in [3.8, 4) is 0 Å². The highest BCUT2D eigenvalue weighted by Crippen LogP contribution is 2.09. The number of hydrogen-bond donors (Lipinski definition) is 3. The van der Waals surface area contributed by atoms with E-state index in [4.69, 9.17) is 15.7 Å². The predicted octanol–water partition coefficient (Wildman–Crippen LogP) is 2.51. The van der Waals surface area contributed by atoms with Crippen LogP contribution in [0.25, 0.3) is 0 Å². The van der Waals surface area contributed by atoms with Crippen molar-refractivity contribution in [3.05, 3.63) is 65.5 Å². The summed E-state index contributed by atoms with van der Waals surface area (Å²) in [7, 11) is 0. The molecular formula is C18H20FN3O3. The van der Waals surface area contributed by atoms with Crippen molar-refractivity contribution in [1.29, 1.82) is 0 Å². The molecule has 0 bridgehead atoms. The van der Waals surface area contributed by atoms with Crippen molar-refractivity contribution < 1.29 is 19.1 Å². The fourth-order valence-corrected chi connectivity index (χ4v) is 2.11. The Bertz CT molecular complexity index is 715. The van der Waals surface area contributed by atoms with E-state index in [1.165, 1.54) is 24.3 Å². The summed E-state index contributed by atoms with van der Waals surface area (Å²) in [6.07, 6.45) is 0.913. The van der Waals surface area contributed by atoms with Crippen LogP contribution in [0.3, 0.4) is 0 Å². The van der Waals surface area contributed by atoms with Gasteiger partial charge in [-0.2, -0.15) is 0 Å². The summed E-state index contributed by atoms with van der Waals surface area (Å²) >= 11 is 0. The third kappa shape index (κ3) is 6.23. The molecule has 2 rings (SSSR count). The molecule has 4 N–H and O–H groups in total. The van der Waals surface area contributed by atoms with Gasteiger partial charge < -0.3 is 21.0 Å². The number of nitrogens with two attached hydrogens (primary N) is 1. The summed E-state index contributed by atoms with van der Waals surface area (Å²) in [4.78, 5) is 11.7. The maximum atomic E-state index is 12.8. The van der Waals surface area contributed by atoms with Crippen LogP contribution in [0.5, 0.6) is 0 Å². The van der Waals surface area contributed by atoms with Gasteiger partial charge in [0.15, 0.2) is 5.84 Å². The molecule has 0 aliphatic rings. The van der Waals surface area contributed by atoms with E-state index in [2.05, 4.69) is 10.5 Å². The van der Waals surface area contributed by atoms with Crippen molar-refractivity contribution in [1.82, 2.24) is 0 Å². The van der Waals surface area contributed by atoms with Crippen molar-refractivity contribution in [2.45, 2.75) is 12.8 Å². The Kier molecular flexibility index (Phi) is 6.91. The van der Waals surface area contributed by atoms with Crippen molar-refractivity contribution in [2.24, 2.45) is 10.9 Å². The van der Waals surface area contributed by atoms with Gasteiger partial charge in [0, 0.05) is 11.3 Å². The van der Waals surface area contributed by atoms with Crippen LogP contribution in [-0.4, -0.2) is 30.2 Å². The lowest BCUT2D eigenvalue weighted by atomic mass is 10.1.